The number of hydrogen-bond acceptors (Lipinski definition) is 18. The van der Waals surface area contributed by atoms with E-state index in [0.29, 0.717) is 67.3 Å². The van der Waals surface area contributed by atoms with Gasteiger partial charge in [-0.2, -0.15) is 16.8 Å². The molecule has 0 unspecified atom stereocenters. The topological polar surface area (TPSA) is 204 Å². The molecule has 6 aromatic heterocycles. The number of anilines is 6. The highest BCUT2D eigenvalue weighted by Gasteiger charge is 2.25. The number of nitrogens with zero attached hydrogens (tertiary/aromatic N) is 10. The Hall–Kier alpha value is -8.60. The monoisotopic (exact) mass is 1200 g/mol. The number of halogens is 6. The van der Waals surface area contributed by atoms with Gasteiger partial charge in [0.1, 0.15) is 58.8 Å². The molecular weight excluding hydrogens is 1150 g/mol. The number of hydrogen-bond donors (Lipinski definition) is 2. The van der Waals surface area contributed by atoms with Crippen LogP contribution in [0.3, 0.4) is 0 Å². The first-order valence-corrected chi connectivity index (χ1v) is 29.1. The maximum Gasteiger partial charge on any atom is 0.488 e. The molecule has 18 nitrogen and oxygen atoms in total. The van der Waals surface area contributed by atoms with Crippen LogP contribution in [-0.2, 0) is 21.0 Å². The molecule has 0 atom stereocenters. The minimum atomic E-state index is -5.21. The standard InChI is InChI=1S/2C27H23F3N6O3S2/c1-3-12-40-34-22-9-8-21(28)27(25(22)29)36-15-20(17-13-31-16-32-14-17)26-23(36)10-11-24(33-26)35(2)18-4-6-19(7-5-18)39-41(30,37)38;1-3-11-40-34-22-8-7-21(28)27(25(22)29)36-15-20(17-13-31-16-32-14-17)26-23(36)9-10-24(33-26)35(2)18-5-4-6-19(12-18)39-41(30,37)38/h4-11,13-16,34H,3,12H2,1-2H3;4-10,12-16,34H,3,11H2,1-2H3. The Balaban J connectivity index is 0.000000198. The molecule has 0 spiro atoms. The van der Waals surface area contributed by atoms with Gasteiger partial charge in [0, 0.05) is 102 Å². The van der Waals surface area contributed by atoms with E-state index in [2.05, 4.69) is 37.7 Å². The molecule has 0 aliphatic heterocycles. The molecule has 0 radical (unpaired) electrons. The van der Waals surface area contributed by atoms with Crippen molar-refractivity contribution < 1.29 is 50.5 Å². The van der Waals surface area contributed by atoms with Gasteiger partial charge in [0.15, 0.2) is 11.6 Å². The second-order valence-electron chi connectivity index (χ2n) is 17.6. The van der Waals surface area contributed by atoms with Crippen molar-refractivity contribution in [3.63, 3.8) is 0 Å². The van der Waals surface area contributed by atoms with Crippen LogP contribution in [-0.4, -0.2) is 81.5 Å². The molecule has 82 heavy (non-hydrogen) atoms. The summed E-state index contributed by atoms with van der Waals surface area (Å²) in [5.74, 6) is -1.07. The van der Waals surface area contributed by atoms with E-state index in [1.807, 2.05) is 13.8 Å². The largest absolute Gasteiger partial charge is 0.488 e. The summed E-state index contributed by atoms with van der Waals surface area (Å²) < 4.78 is 148. The van der Waals surface area contributed by atoms with Crippen molar-refractivity contribution in [2.45, 2.75) is 26.7 Å². The highest BCUT2D eigenvalue weighted by atomic mass is 32.3. The predicted molar refractivity (Wildman–Crippen MR) is 307 cm³/mol. The van der Waals surface area contributed by atoms with Crippen LogP contribution in [0.1, 0.15) is 26.7 Å². The Bertz CT molecular complexity index is 4160. The van der Waals surface area contributed by atoms with Gasteiger partial charge in [0.05, 0.1) is 33.4 Å². The highest BCUT2D eigenvalue weighted by molar-refractivity contribution is 8.00. The number of benzene rings is 4. The second-order valence-corrected chi connectivity index (χ2v) is 21.3. The van der Waals surface area contributed by atoms with Crippen molar-refractivity contribution in [1.29, 1.82) is 0 Å². The van der Waals surface area contributed by atoms with E-state index >= 15 is 17.6 Å². The van der Waals surface area contributed by atoms with Crippen LogP contribution < -0.4 is 27.6 Å². The number of aromatic nitrogens is 8. The van der Waals surface area contributed by atoms with Crippen molar-refractivity contribution in [3.05, 3.63) is 170 Å². The summed E-state index contributed by atoms with van der Waals surface area (Å²) in [6.45, 7) is 4.00. The second kappa shape index (κ2) is 25.0. The number of nitrogens with one attached hydrogen (secondary N) is 2. The maximum absolute atomic E-state index is 15.7. The van der Waals surface area contributed by atoms with E-state index < -0.39 is 44.3 Å². The molecular formula is C54H46F6N12O6S4. The minimum absolute atomic E-state index is 0.146. The van der Waals surface area contributed by atoms with Crippen molar-refractivity contribution in [2.24, 2.45) is 0 Å². The molecule has 0 bridgehead atoms. The van der Waals surface area contributed by atoms with Crippen molar-refractivity contribution >= 4 is 101 Å². The molecule has 2 N–H and O–H groups in total. The molecule has 0 saturated carbocycles. The van der Waals surface area contributed by atoms with Gasteiger partial charge >= 0.3 is 21.0 Å². The van der Waals surface area contributed by atoms with Crippen LogP contribution in [0.5, 0.6) is 11.5 Å². The molecule has 0 aliphatic carbocycles. The number of pyridine rings is 2. The van der Waals surface area contributed by atoms with Gasteiger partial charge in [0.2, 0.25) is 0 Å². The van der Waals surface area contributed by atoms with Gasteiger partial charge in [-0.1, -0.05) is 51.6 Å². The Morgan fingerprint density at radius 2 is 0.988 bits per heavy atom. The molecule has 28 heteroatoms. The Morgan fingerprint density at radius 3 is 1.43 bits per heavy atom. The van der Waals surface area contributed by atoms with E-state index in [9.17, 15) is 24.6 Å². The molecule has 0 fully saturated rings. The van der Waals surface area contributed by atoms with Crippen LogP contribution in [0.25, 0.3) is 55.7 Å². The summed E-state index contributed by atoms with van der Waals surface area (Å²) in [5.41, 5.74) is 4.72. The molecule has 4 aromatic carbocycles. The summed E-state index contributed by atoms with van der Waals surface area (Å²) >= 11 is 2.65. The van der Waals surface area contributed by atoms with E-state index in [0.717, 1.165) is 24.3 Å². The molecule has 0 aliphatic rings. The van der Waals surface area contributed by atoms with Crippen molar-refractivity contribution in [2.75, 3.05) is 44.8 Å². The molecule has 10 rings (SSSR count). The van der Waals surface area contributed by atoms with E-state index in [1.54, 1.807) is 91.4 Å². The average molecular weight is 1200 g/mol. The zero-order valence-corrected chi connectivity index (χ0v) is 46.8. The minimum Gasteiger partial charge on any atom is -0.358 e. The smallest absolute Gasteiger partial charge is 0.358 e. The fraction of sp³-hybridized carbons (Fsp3) is 0.148. The molecule has 424 valence electrons. The third-order valence-electron chi connectivity index (χ3n) is 12.1. The normalized spacial score (nSPS) is 11.5. The Labute approximate surface area is 475 Å². The fourth-order valence-electron chi connectivity index (χ4n) is 8.34. The third kappa shape index (κ3) is 13.3. The van der Waals surface area contributed by atoms with Gasteiger partial charge in [-0.15, -0.1) is 0 Å². The average Bonchev–Trinajstić information content (AvgIpc) is 4.19. The van der Waals surface area contributed by atoms with E-state index in [1.165, 1.54) is 112 Å². The van der Waals surface area contributed by atoms with Crippen LogP contribution in [0, 0.1) is 23.3 Å². The quantitative estimate of drug-likeness (QED) is 0.0315. The van der Waals surface area contributed by atoms with Gasteiger partial charge in [-0.05, 0) is 97.8 Å². The van der Waals surface area contributed by atoms with Crippen LogP contribution in [0.15, 0.2) is 147 Å². The number of rotatable bonds is 20. The summed E-state index contributed by atoms with van der Waals surface area (Å²) in [6.07, 6.45) is 14.0. The van der Waals surface area contributed by atoms with Crippen LogP contribution in [0.4, 0.5) is 59.7 Å². The van der Waals surface area contributed by atoms with E-state index in [-0.39, 0.29) is 34.2 Å². The first kappa shape index (κ1) is 58.1. The summed E-state index contributed by atoms with van der Waals surface area (Å²) in [7, 11) is -6.96. The van der Waals surface area contributed by atoms with Gasteiger partial charge in [0.25, 0.3) is 0 Å². The maximum atomic E-state index is 15.7. The lowest BCUT2D eigenvalue weighted by molar-refractivity contribution is 0.438. The molecule has 0 amide bonds. The van der Waals surface area contributed by atoms with Gasteiger partial charge in [-0.3, -0.25) is 0 Å². The fourth-order valence-corrected chi connectivity index (χ4v) is 10.3. The summed E-state index contributed by atoms with van der Waals surface area (Å²) in [5, 5.41) is 0. The first-order chi connectivity index (χ1) is 39.3. The molecule has 6 heterocycles. The lowest BCUT2D eigenvalue weighted by atomic mass is 10.1. The Morgan fingerprint density at radius 1 is 0.549 bits per heavy atom. The first-order valence-electron chi connectivity index (χ1n) is 24.5. The van der Waals surface area contributed by atoms with Crippen LogP contribution in [0.2, 0.25) is 0 Å². The van der Waals surface area contributed by atoms with Crippen molar-refractivity contribution in [1.82, 2.24) is 39.0 Å². The molecule has 0 saturated heterocycles. The highest BCUT2D eigenvalue weighted by Crippen LogP contribution is 2.39. The van der Waals surface area contributed by atoms with Crippen LogP contribution >= 0.6 is 23.9 Å². The summed E-state index contributed by atoms with van der Waals surface area (Å²) in [6, 6.07) is 23.2. The Kier molecular flexibility index (Phi) is 17.7. The van der Waals surface area contributed by atoms with Gasteiger partial charge in [-0.25, -0.2) is 47.5 Å². The summed E-state index contributed by atoms with van der Waals surface area (Å²) in [4.78, 5) is 29.2. The van der Waals surface area contributed by atoms with Crippen molar-refractivity contribution in [3.8, 4) is 45.1 Å². The van der Waals surface area contributed by atoms with E-state index in [4.69, 9.17) is 9.97 Å². The molecule has 10 aromatic rings. The van der Waals surface area contributed by atoms with Gasteiger partial charge < -0.3 is 36.7 Å². The SMILES string of the molecule is CCCSNc1ccc(F)c(-n2cc(-c3cncnc3)c3nc(N(C)c4ccc(OS(=O)(=O)F)cc4)ccc32)c1F.CCCSNc1ccc(F)c(-n2cc(-c3cncnc3)c3nc(N(C)c4cccc(OS(=O)(=O)F)c4)ccc32)c1F. The lowest BCUT2D eigenvalue weighted by Gasteiger charge is -2.19. The zero-order chi connectivity index (χ0) is 58.3. The number of fused-ring (bicyclic) bond motifs is 2. The third-order valence-corrected chi connectivity index (χ3v) is 14.8. The lowest BCUT2D eigenvalue weighted by Crippen LogP contribution is -2.11. The predicted octanol–water partition coefficient (Wildman–Crippen LogP) is 13.2. The zero-order valence-electron chi connectivity index (χ0n) is 43.5.